The van der Waals surface area contributed by atoms with Gasteiger partial charge in [-0.3, -0.25) is 4.79 Å². The van der Waals surface area contributed by atoms with E-state index in [1.165, 1.54) is 4.88 Å². The van der Waals surface area contributed by atoms with Crippen molar-refractivity contribution in [2.24, 2.45) is 0 Å². The Balaban J connectivity index is 1.88. The van der Waals surface area contributed by atoms with Crippen LogP contribution in [-0.4, -0.2) is 24.0 Å². The van der Waals surface area contributed by atoms with Gasteiger partial charge >= 0.3 is 0 Å². The molecule has 21 heavy (non-hydrogen) atoms. The lowest BCUT2D eigenvalue weighted by atomic mass is 10.2. The Hall–Kier alpha value is -1.59. The van der Waals surface area contributed by atoms with E-state index in [0.717, 1.165) is 19.4 Å². The summed E-state index contributed by atoms with van der Waals surface area (Å²) in [6.07, 6.45) is 3.37. The zero-order valence-electron chi connectivity index (χ0n) is 11.9. The highest BCUT2D eigenvalue weighted by Crippen LogP contribution is 2.20. The van der Waals surface area contributed by atoms with Crippen molar-refractivity contribution in [1.82, 2.24) is 10.3 Å². The van der Waals surface area contributed by atoms with E-state index in [4.69, 9.17) is 11.6 Å². The molecule has 0 bridgehead atoms. The molecule has 0 saturated heterocycles. The van der Waals surface area contributed by atoms with Gasteiger partial charge in [0, 0.05) is 24.2 Å². The minimum atomic E-state index is -0.150. The normalized spacial score (nSPS) is 10.4. The summed E-state index contributed by atoms with van der Waals surface area (Å²) in [5.41, 5.74) is 0.480. The van der Waals surface area contributed by atoms with Crippen LogP contribution >= 0.6 is 22.9 Å². The van der Waals surface area contributed by atoms with Crippen molar-refractivity contribution in [1.29, 1.82) is 0 Å². The van der Waals surface area contributed by atoms with Gasteiger partial charge in [-0.1, -0.05) is 24.6 Å². The molecule has 2 aromatic rings. The molecule has 1 amide bonds. The lowest BCUT2D eigenvalue weighted by Gasteiger charge is -2.08. The van der Waals surface area contributed by atoms with Gasteiger partial charge in [-0.2, -0.15) is 0 Å². The number of thiophene rings is 1. The SMILES string of the molecule is CCCNc1ncc(C(=O)NCCc2cccs2)cc1Cl. The molecule has 2 rings (SSSR count). The molecule has 0 aliphatic heterocycles. The lowest BCUT2D eigenvalue weighted by Crippen LogP contribution is -2.25. The summed E-state index contributed by atoms with van der Waals surface area (Å²) in [6, 6.07) is 5.71. The predicted molar refractivity (Wildman–Crippen MR) is 88.4 cm³/mol. The van der Waals surface area contributed by atoms with Crippen LogP contribution in [0.25, 0.3) is 0 Å². The van der Waals surface area contributed by atoms with Gasteiger partial charge in [0.05, 0.1) is 10.6 Å². The fraction of sp³-hybridized carbons (Fsp3) is 0.333. The van der Waals surface area contributed by atoms with Gasteiger partial charge in [-0.25, -0.2) is 4.98 Å². The van der Waals surface area contributed by atoms with Crippen LogP contribution in [0.4, 0.5) is 5.82 Å². The molecule has 112 valence electrons. The maximum absolute atomic E-state index is 12.0. The van der Waals surface area contributed by atoms with Crippen LogP contribution < -0.4 is 10.6 Å². The standard InChI is InChI=1S/C15H18ClN3OS/c1-2-6-17-14-13(16)9-11(10-19-14)15(20)18-7-5-12-4-3-8-21-12/h3-4,8-10H,2,5-7H2,1H3,(H,17,19)(H,18,20). The first kappa shape index (κ1) is 15.8. The van der Waals surface area contributed by atoms with Gasteiger partial charge in [-0.05, 0) is 30.4 Å². The first-order valence-corrected chi connectivity index (χ1v) is 8.16. The smallest absolute Gasteiger partial charge is 0.252 e. The van der Waals surface area contributed by atoms with Crippen molar-refractivity contribution >= 4 is 34.7 Å². The summed E-state index contributed by atoms with van der Waals surface area (Å²) in [5, 5.41) is 8.49. The number of halogens is 1. The molecule has 0 aromatic carbocycles. The summed E-state index contributed by atoms with van der Waals surface area (Å²) in [5.74, 6) is 0.469. The second kappa shape index (κ2) is 8.00. The number of amides is 1. The quantitative estimate of drug-likeness (QED) is 0.818. The van der Waals surface area contributed by atoms with Crippen LogP contribution in [0.1, 0.15) is 28.6 Å². The van der Waals surface area contributed by atoms with Gasteiger partial charge < -0.3 is 10.6 Å². The van der Waals surface area contributed by atoms with Crippen molar-refractivity contribution in [2.45, 2.75) is 19.8 Å². The molecule has 0 aliphatic rings. The minimum absolute atomic E-state index is 0.150. The van der Waals surface area contributed by atoms with Gasteiger partial charge in [0.1, 0.15) is 5.82 Å². The predicted octanol–water partition coefficient (Wildman–Crippen LogP) is 3.59. The molecule has 2 heterocycles. The molecule has 2 N–H and O–H groups in total. The van der Waals surface area contributed by atoms with Crippen molar-refractivity contribution in [2.75, 3.05) is 18.4 Å². The van der Waals surface area contributed by atoms with E-state index in [9.17, 15) is 4.79 Å². The zero-order chi connectivity index (χ0) is 15.1. The molecule has 0 fully saturated rings. The highest BCUT2D eigenvalue weighted by molar-refractivity contribution is 7.09. The Morgan fingerprint density at radius 3 is 2.95 bits per heavy atom. The second-order valence-corrected chi connectivity index (χ2v) is 6.01. The number of aromatic nitrogens is 1. The number of hydrogen-bond acceptors (Lipinski definition) is 4. The first-order chi connectivity index (χ1) is 10.2. The van der Waals surface area contributed by atoms with E-state index in [0.29, 0.717) is 22.9 Å². The Kier molecular flexibility index (Phi) is 6.02. The van der Waals surface area contributed by atoms with Crippen molar-refractivity contribution in [3.8, 4) is 0 Å². The Morgan fingerprint density at radius 2 is 2.29 bits per heavy atom. The number of anilines is 1. The third-order valence-corrected chi connectivity index (χ3v) is 4.11. The van der Waals surface area contributed by atoms with Crippen molar-refractivity contribution < 1.29 is 4.79 Å². The Morgan fingerprint density at radius 1 is 1.43 bits per heavy atom. The average Bonchev–Trinajstić information content (AvgIpc) is 2.99. The molecule has 0 atom stereocenters. The summed E-state index contributed by atoms with van der Waals surface area (Å²) in [4.78, 5) is 17.5. The number of rotatable bonds is 7. The third kappa shape index (κ3) is 4.72. The first-order valence-electron chi connectivity index (χ1n) is 6.90. The third-order valence-electron chi connectivity index (χ3n) is 2.88. The van der Waals surface area contributed by atoms with Gasteiger partial charge in [0.15, 0.2) is 0 Å². The largest absolute Gasteiger partial charge is 0.369 e. The van der Waals surface area contributed by atoms with E-state index in [1.54, 1.807) is 23.6 Å². The Bertz CT molecular complexity index is 587. The average molecular weight is 324 g/mol. The number of nitrogens with zero attached hydrogens (tertiary/aromatic N) is 1. The monoisotopic (exact) mass is 323 g/mol. The molecule has 0 unspecified atom stereocenters. The van der Waals surface area contributed by atoms with E-state index in [1.807, 2.05) is 11.4 Å². The van der Waals surface area contributed by atoms with Gasteiger partial charge in [-0.15, -0.1) is 11.3 Å². The molecule has 0 aliphatic carbocycles. The number of carbonyl (C=O) groups is 1. The molecule has 2 aromatic heterocycles. The van der Waals surface area contributed by atoms with E-state index < -0.39 is 0 Å². The number of hydrogen-bond donors (Lipinski definition) is 2. The highest BCUT2D eigenvalue weighted by atomic mass is 35.5. The molecular formula is C15H18ClN3OS. The molecule has 0 spiro atoms. The van der Waals surface area contributed by atoms with Gasteiger partial charge in [0.25, 0.3) is 5.91 Å². The summed E-state index contributed by atoms with van der Waals surface area (Å²) in [7, 11) is 0. The number of nitrogens with one attached hydrogen (secondary N) is 2. The molecule has 0 saturated carbocycles. The van der Waals surface area contributed by atoms with E-state index in [2.05, 4.69) is 28.6 Å². The topological polar surface area (TPSA) is 54.0 Å². The highest BCUT2D eigenvalue weighted by Gasteiger charge is 2.09. The minimum Gasteiger partial charge on any atom is -0.369 e. The van der Waals surface area contributed by atoms with Crippen molar-refractivity contribution in [3.63, 3.8) is 0 Å². The Labute approximate surface area is 133 Å². The summed E-state index contributed by atoms with van der Waals surface area (Å²) >= 11 is 7.81. The van der Waals surface area contributed by atoms with E-state index in [-0.39, 0.29) is 5.91 Å². The zero-order valence-corrected chi connectivity index (χ0v) is 13.4. The summed E-state index contributed by atoms with van der Waals surface area (Å²) in [6.45, 7) is 3.47. The lowest BCUT2D eigenvalue weighted by molar-refractivity contribution is 0.0954. The van der Waals surface area contributed by atoms with Gasteiger partial charge in [0.2, 0.25) is 0 Å². The number of carbonyl (C=O) groups excluding carboxylic acids is 1. The van der Waals surface area contributed by atoms with Crippen LogP contribution in [0.15, 0.2) is 29.8 Å². The van der Waals surface area contributed by atoms with Crippen molar-refractivity contribution in [3.05, 3.63) is 45.2 Å². The molecule has 4 nitrogen and oxygen atoms in total. The molecular weight excluding hydrogens is 306 g/mol. The number of pyridine rings is 1. The van der Waals surface area contributed by atoms with E-state index >= 15 is 0 Å². The van der Waals surface area contributed by atoms with Crippen LogP contribution in [0.2, 0.25) is 5.02 Å². The molecule has 6 heteroatoms. The fourth-order valence-corrected chi connectivity index (χ4v) is 2.73. The van der Waals surface area contributed by atoms with Crippen LogP contribution in [-0.2, 0) is 6.42 Å². The van der Waals surface area contributed by atoms with Crippen LogP contribution in [0.3, 0.4) is 0 Å². The maximum atomic E-state index is 12.0. The van der Waals surface area contributed by atoms with Crippen LogP contribution in [0.5, 0.6) is 0 Å². The molecule has 0 radical (unpaired) electrons. The maximum Gasteiger partial charge on any atom is 0.252 e. The summed E-state index contributed by atoms with van der Waals surface area (Å²) < 4.78 is 0. The van der Waals surface area contributed by atoms with Crippen LogP contribution in [0, 0.1) is 0 Å². The second-order valence-electron chi connectivity index (χ2n) is 4.57. The fourth-order valence-electron chi connectivity index (χ4n) is 1.79.